The molecule has 1 aromatic carbocycles. The molecule has 0 spiro atoms. The normalized spacial score (nSPS) is 20.2. The van der Waals surface area contributed by atoms with Gasteiger partial charge in [-0.1, -0.05) is 13.0 Å². The molecule has 0 atom stereocenters. The van der Waals surface area contributed by atoms with Crippen LogP contribution < -0.4 is 9.62 Å². The smallest absolute Gasteiger partial charge is 0.357 e. The number of nitrogens with zero attached hydrogens (tertiary/aromatic N) is 2. The molecule has 1 saturated heterocycles. The van der Waals surface area contributed by atoms with Crippen LogP contribution in [0, 0.1) is 0 Å². The van der Waals surface area contributed by atoms with Gasteiger partial charge in [0.2, 0.25) is 0 Å². The lowest BCUT2D eigenvalue weighted by atomic mass is 10.0. The van der Waals surface area contributed by atoms with Gasteiger partial charge in [0.05, 0.1) is 5.69 Å². The zero-order valence-corrected chi connectivity index (χ0v) is 13.6. The summed E-state index contributed by atoms with van der Waals surface area (Å²) in [6.45, 7) is 6.53. The SMILES string of the molecule is CCN1CCC(N2CCc3ccc(NS(=O)(=O)O)cc32)CC1. The molecule has 0 amide bonds. The summed E-state index contributed by atoms with van der Waals surface area (Å²) < 4.78 is 33.0. The zero-order valence-electron chi connectivity index (χ0n) is 12.8. The van der Waals surface area contributed by atoms with E-state index in [9.17, 15) is 8.42 Å². The Morgan fingerprint density at radius 1 is 1.27 bits per heavy atom. The highest BCUT2D eigenvalue weighted by Crippen LogP contribution is 2.34. The Bertz CT molecular complexity index is 639. The number of fused-ring (bicyclic) bond motifs is 1. The lowest BCUT2D eigenvalue weighted by molar-refractivity contribution is 0.219. The molecule has 0 aliphatic carbocycles. The number of rotatable bonds is 4. The van der Waals surface area contributed by atoms with Crippen LogP contribution in [0.2, 0.25) is 0 Å². The van der Waals surface area contributed by atoms with E-state index < -0.39 is 10.3 Å². The Kier molecular flexibility index (Phi) is 4.29. The second-order valence-corrected chi connectivity index (χ2v) is 7.18. The van der Waals surface area contributed by atoms with Crippen LogP contribution in [0.5, 0.6) is 0 Å². The van der Waals surface area contributed by atoms with Gasteiger partial charge < -0.3 is 9.80 Å². The van der Waals surface area contributed by atoms with E-state index in [0.717, 1.165) is 51.1 Å². The number of anilines is 2. The van der Waals surface area contributed by atoms with Gasteiger partial charge in [-0.25, -0.2) is 0 Å². The number of likely N-dealkylation sites (tertiary alicyclic amines) is 1. The molecule has 0 bridgehead atoms. The average Bonchev–Trinajstić information content (AvgIpc) is 2.89. The van der Waals surface area contributed by atoms with Gasteiger partial charge in [-0.2, -0.15) is 8.42 Å². The van der Waals surface area contributed by atoms with Gasteiger partial charge >= 0.3 is 10.3 Å². The maximum Gasteiger partial charge on any atom is 0.357 e. The topological polar surface area (TPSA) is 72.9 Å². The lowest BCUT2D eigenvalue weighted by Gasteiger charge is -2.37. The van der Waals surface area contributed by atoms with Crippen LogP contribution in [0.15, 0.2) is 18.2 Å². The van der Waals surface area contributed by atoms with Crippen molar-refractivity contribution in [3.8, 4) is 0 Å². The van der Waals surface area contributed by atoms with Crippen LogP contribution in [0.1, 0.15) is 25.3 Å². The number of nitrogens with one attached hydrogen (secondary N) is 1. The standard InChI is InChI=1S/C15H23N3O3S/c1-2-17-8-6-14(7-9-17)18-10-5-12-3-4-13(11-15(12)18)16-22(19,20)21/h3-4,11,14,16H,2,5-10H2,1H3,(H,19,20,21). The molecule has 2 heterocycles. The Hall–Kier alpha value is -1.31. The average molecular weight is 325 g/mol. The predicted octanol–water partition coefficient (Wildman–Crippen LogP) is 1.75. The summed E-state index contributed by atoms with van der Waals surface area (Å²) in [6, 6.07) is 6.01. The van der Waals surface area contributed by atoms with E-state index in [0.29, 0.717) is 11.7 Å². The fraction of sp³-hybridized carbons (Fsp3) is 0.600. The molecule has 0 saturated carbocycles. The first-order valence-corrected chi connectivity index (χ1v) is 9.27. The number of piperidine rings is 1. The van der Waals surface area contributed by atoms with Crippen molar-refractivity contribution in [3.05, 3.63) is 23.8 Å². The highest BCUT2D eigenvalue weighted by molar-refractivity contribution is 7.87. The number of hydrogen-bond donors (Lipinski definition) is 2. The van der Waals surface area contributed by atoms with Crippen LogP contribution in [0.4, 0.5) is 11.4 Å². The third kappa shape index (κ3) is 3.37. The van der Waals surface area contributed by atoms with E-state index in [1.165, 1.54) is 5.56 Å². The van der Waals surface area contributed by atoms with Crippen LogP contribution >= 0.6 is 0 Å². The zero-order chi connectivity index (χ0) is 15.7. The molecular formula is C15H23N3O3S. The second-order valence-electron chi connectivity index (χ2n) is 6.03. The molecule has 2 N–H and O–H groups in total. The van der Waals surface area contributed by atoms with Crippen LogP contribution in [0.3, 0.4) is 0 Å². The van der Waals surface area contributed by atoms with Crippen molar-refractivity contribution >= 4 is 21.7 Å². The summed E-state index contributed by atoms with van der Waals surface area (Å²) in [4.78, 5) is 4.86. The van der Waals surface area contributed by atoms with Crippen LogP contribution in [0.25, 0.3) is 0 Å². The maximum atomic E-state index is 11.0. The second kappa shape index (κ2) is 6.06. The third-order valence-electron chi connectivity index (χ3n) is 4.71. The molecule has 0 aromatic heterocycles. The van der Waals surface area contributed by atoms with Crippen molar-refractivity contribution in [2.45, 2.75) is 32.2 Å². The summed E-state index contributed by atoms with van der Waals surface area (Å²) >= 11 is 0. The molecule has 2 aliphatic heterocycles. The van der Waals surface area contributed by atoms with Gasteiger partial charge in [-0.05, 0) is 43.5 Å². The fourth-order valence-electron chi connectivity index (χ4n) is 3.54. The van der Waals surface area contributed by atoms with E-state index in [-0.39, 0.29) is 0 Å². The number of hydrogen-bond acceptors (Lipinski definition) is 4. The molecule has 6 nitrogen and oxygen atoms in total. The molecule has 3 rings (SSSR count). The first-order chi connectivity index (χ1) is 10.5. The summed E-state index contributed by atoms with van der Waals surface area (Å²) in [5.74, 6) is 0. The van der Waals surface area contributed by atoms with Crippen molar-refractivity contribution in [2.24, 2.45) is 0 Å². The third-order valence-corrected chi connectivity index (χ3v) is 5.20. The van der Waals surface area contributed by atoms with Crippen molar-refractivity contribution in [2.75, 3.05) is 35.8 Å². The van der Waals surface area contributed by atoms with E-state index in [1.54, 1.807) is 6.07 Å². The summed E-state index contributed by atoms with van der Waals surface area (Å²) in [5.41, 5.74) is 2.77. The molecule has 1 aromatic rings. The Morgan fingerprint density at radius 3 is 2.64 bits per heavy atom. The molecule has 122 valence electrons. The van der Waals surface area contributed by atoms with Crippen LogP contribution in [-0.4, -0.2) is 50.1 Å². The van der Waals surface area contributed by atoms with Gasteiger partial charge in [-0.3, -0.25) is 9.27 Å². The van der Waals surface area contributed by atoms with E-state index in [4.69, 9.17) is 4.55 Å². The minimum Gasteiger partial charge on any atom is -0.368 e. The first-order valence-electron chi connectivity index (χ1n) is 7.83. The van der Waals surface area contributed by atoms with Crippen LogP contribution in [-0.2, 0) is 16.7 Å². The Morgan fingerprint density at radius 2 is 2.00 bits per heavy atom. The summed E-state index contributed by atoms with van der Waals surface area (Å²) in [6.07, 6.45) is 3.28. The molecule has 0 radical (unpaired) electrons. The molecule has 7 heteroatoms. The summed E-state index contributed by atoms with van der Waals surface area (Å²) in [5, 5.41) is 0. The van der Waals surface area contributed by atoms with Gasteiger partial charge in [0.25, 0.3) is 0 Å². The molecule has 22 heavy (non-hydrogen) atoms. The largest absolute Gasteiger partial charge is 0.368 e. The lowest BCUT2D eigenvalue weighted by Crippen LogP contribution is -2.44. The fourth-order valence-corrected chi connectivity index (χ4v) is 3.97. The minimum atomic E-state index is -4.22. The predicted molar refractivity (Wildman–Crippen MR) is 87.8 cm³/mol. The first kappa shape index (κ1) is 15.6. The Labute approximate surface area is 132 Å². The molecule has 2 aliphatic rings. The van der Waals surface area contributed by atoms with E-state index >= 15 is 0 Å². The van der Waals surface area contributed by atoms with Gasteiger partial charge in [-0.15, -0.1) is 0 Å². The quantitative estimate of drug-likeness (QED) is 0.825. The van der Waals surface area contributed by atoms with E-state index in [2.05, 4.69) is 21.4 Å². The maximum absolute atomic E-state index is 11.0. The highest BCUT2D eigenvalue weighted by atomic mass is 32.2. The molecule has 1 fully saturated rings. The Balaban J connectivity index is 1.77. The minimum absolute atomic E-state index is 0.416. The summed E-state index contributed by atoms with van der Waals surface area (Å²) in [7, 11) is -4.22. The van der Waals surface area contributed by atoms with Gasteiger partial charge in [0.1, 0.15) is 0 Å². The van der Waals surface area contributed by atoms with Gasteiger partial charge in [0.15, 0.2) is 0 Å². The number of benzene rings is 1. The van der Waals surface area contributed by atoms with Gasteiger partial charge in [0, 0.05) is 31.4 Å². The molecular weight excluding hydrogens is 302 g/mol. The monoisotopic (exact) mass is 325 g/mol. The van der Waals surface area contributed by atoms with Crippen molar-refractivity contribution in [3.63, 3.8) is 0 Å². The van der Waals surface area contributed by atoms with Crippen molar-refractivity contribution < 1.29 is 13.0 Å². The highest BCUT2D eigenvalue weighted by Gasteiger charge is 2.29. The van der Waals surface area contributed by atoms with Crippen molar-refractivity contribution in [1.29, 1.82) is 0 Å². The van der Waals surface area contributed by atoms with Crippen molar-refractivity contribution in [1.82, 2.24) is 4.90 Å². The molecule has 0 unspecified atom stereocenters. The van der Waals surface area contributed by atoms with E-state index in [1.807, 2.05) is 12.1 Å².